The summed E-state index contributed by atoms with van der Waals surface area (Å²) in [6.45, 7) is 6.54. The molecular formula is C21H21NO3. The summed E-state index contributed by atoms with van der Waals surface area (Å²) in [5.74, 6) is -0.000663. The minimum Gasteiger partial charge on any atom is -0.416 e. The smallest absolute Gasteiger partial charge is 0.344 e. The standard InChI is InChI=1S/C21H21NO3/c1-13(2)12-22-20(23)19-18(15-10-8-14(3)9-11-15)16-6-4-5-7-17(16)21(24)25-19/h4-11,13H,12H2,1-3H3,(H,22,23). The molecule has 0 atom stereocenters. The second kappa shape index (κ2) is 6.93. The molecule has 0 aliphatic carbocycles. The fourth-order valence-corrected chi connectivity index (χ4v) is 2.74. The van der Waals surface area contributed by atoms with Crippen molar-refractivity contribution in [2.45, 2.75) is 20.8 Å². The van der Waals surface area contributed by atoms with Gasteiger partial charge in [0.2, 0.25) is 5.76 Å². The molecular weight excluding hydrogens is 314 g/mol. The van der Waals surface area contributed by atoms with Crippen LogP contribution >= 0.6 is 0 Å². The van der Waals surface area contributed by atoms with Crippen molar-refractivity contribution in [1.82, 2.24) is 5.32 Å². The zero-order valence-electron chi connectivity index (χ0n) is 14.6. The van der Waals surface area contributed by atoms with Crippen LogP contribution in [-0.2, 0) is 0 Å². The first kappa shape index (κ1) is 17.0. The predicted molar refractivity (Wildman–Crippen MR) is 99.8 cm³/mol. The van der Waals surface area contributed by atoms with Gasteiger partial charge in [-0.2, -0.15) is 0 Å². The van der Waals surface area contributed by atoms with E-state index in [1.165, 1.54) is 0 Å². The summed E-state index contributed by atoms with van der Waals surface area (Å²) in [4.78, 5) is 25.0. The van der Waals surface area contributed by atoms with Crippen LogP contribution in [0.1, 0.15) is 30.0 Å². The van der Waals surface area contributed by atoms with E-state index in [0.29, 0.717) is 23.4 Å². The predicted octanol–water partition coefficient (Wildman–Crippen LogP) is 4.15. The molecule has 3 rings (SSSR count). The average Bonchev–Trinajstić information content (AvgIpc) is 2.60. The molecule has 0 saturated carbocycles. The van der Waals surface area contributed by atoms with E-state index in [0.717, 1.165) is 16.5 Å². The van der Waals surface area contributed by atoms with Crippen molar-refractivity contribution < 1.29 is 9.21 Å². The molecule has 1 heterocycles. The molecule has 0 aliphatic rings. The minimum absolute atomic E-state index is 0.0632. The number of fused-ring (bicyclic) bond motifs is 1. The molecule has 0 radical (unpaired) electrons. The topological polar surface area (TPSA) is 59.3 Å². The zero-order valence-corrected chi connectivity index (χ0v) is 14.6. The number of benzene rings is 2. The van der Waals surface area contributed by atoms with Gasteiger partial charge >= 0.3 is 5.63 Å². The van der Waals surface area contributed by atoms with Crippen LogP contribution in [0.15, 0.2) is 57.7 Å². The molecule has 128 valence electrons. The first-order valence-electron chi connectivity index (χ1n) is 8.38. The Morgan fingerprint density at radius 3 is 2.32 bits per heavy atom. The second-order valence-electron chi connectivity index (χ2n) is 6.61. The van der Waals surface area contributed by atoms with E-state index in [1.807, 2.05) is 57.2 Å². The lowest BCUT2D eigenvalue weighted by atomic mass is 9.97. The molecule has 0 unspecified atom stereocenters. The van der Waals surface area contributed by atoms with Crippen LogP contribution in [0.3, 0.4) is 0 Å². The minimum atomic E-state index is -0.499. The molecule has 1 aromatic heterocycles. The van der Waals surface area contributed by atoms with Crippen LogP contribution in [0.4, 0.5) is 0 Å². The van der Waals surface area contributed by atoms with E-state index in [9.17, 15) is 9.59 Å². The molecule has 0 aliphatic heterocycles. The molecule has 3 aromatic rings. The Bertz CT molecular complexity index is 969. The third-order valence-corrected chi connectivity index (χ3v) is 4.06. The Morgan fingerprint density at radius 1 is 1.04 bits per heavy atom. The lowest BCUT2D eigenvalue weighted by Crippen LogP contribution is -2.28. The molecule has 4 nitrogen and oxygen atoms in total. The van der Waals surface area contributed by atoms with Gasteiger partial charge in [0.1, 0.15) is 0 Å². The SMILES string of the molecule is Cc1ccc(-c2c(C(=O)NCC(C)C)oc(=O)c3ccccc23)cc1. The highest BCUT2D eigenvalue weighted by Crippen LogP contribution is 2.30. The number of carbonyl (C=O) groups is 1. The van der Waals surface area contributed by atoms with Crippen molar-refractivity contribution in [3.8, 4) is 11.1 Å². The lowest BCUT2D eigenvalue weighted by molar-refractivity contribution is 0.0918. The number of nitrogens with one attached hydrogen (secondary N) is 1. The van der Waals surface area contributed by atoms with Crippen molar-refractivity contribution >= 4 is 16.7 Å². The van der Waals surface area contributed by atoms with Crippen LogP contribution in [0, 0.1) is 12.8 Å². The fraction of sp³-hybridized carbons (Fsp3) is 0.238. The van der Waals surface area contributed by atoms with E-state index in [4.69, 9.17) is 4.42 Å². The van der Waals surface area contributed by atoms with Gasteiger partial charge in [0.05, 0.1) is 5.39 Å². The maximum Gasteiger partial charge on any atom is 0.344 e. The number of carbonyl (C=O) groups excluding carboxylic acids is 1. The normalized spacial score (nSPS) is 11.0. The van der Waals surface area contributed by atoms with Crippen LogP contribution in [0.25, 0.3) is 21.9 Å². The lowest BCUT2D eigenvalue weighted by Gasteiger charge is -2.13. The number of aryl methyl sites for hydroxylation is 1. The number of hydrogen-bond acceptors (Lipinski definition) is 3. The Kier molecular flexibility index (Phi) is 4.70. The second-order valence-corrected chi connectivity index (χ2v) is 6.61. The zero-order chi connectivity index (χ0) is 18.0. The van der Waals surface area contributed by atoms with Crippen molar-refractivity contribution in [2.24, 2.45) is 5.92 Å². The van der Waals surface area contributed by atoms with Crippen molar-refractivity contribution in [2.75, 3.05) is 6.54 Å². The quantitative estimate of drug-likeness (QED) is 0.779. The number of rotatable bonds is 4. The fourth-order valence-electron chi connectivity index (χ4n) is 2.74. The van der Waals surface area contributed by atoms with Gasteiger partial charge in [-0.1, -0.05) is 61.9 Å². The van der Waals surface area contributed by atoms with Crippen LogP contribution < -0.4 is 10.9 Å². The van der Waals surface area contributed by atoms with Gasteiger partial charge in [0.25, 0.3) is 5.91 Å². The van der Waals surface area contributed by atoms with E-state index in [2.05, 4.69) is 5.32 Å². The third-order valence-electron chi connectivity index (χ3n) is 4.06. The Morgan fingerprint density at radius 2 is 1.68 bits per heavy atom. The molecule has 0 spiro atoms. The summed E-state index contributed by atoms with van der Waals surface area (Å²) in [5.41, 5.74) is 2.12. The molecule has 0 saturated heterocycles. The molecule has 0 bridgehead atoms. The summed E-state index contributed by atoms with van der Waals surface area (Å²) < 4.78 is 5.43. The molecule has 4 heteroatoms. The summed E-state index contributed by atoms with van der Waals surface area (Å²) >= 11 is 0. The molecule has 0 fully saturated rings. The van der Waals surface area contributed by atoms with E-state index >= 15 is 0 Å². The summed E-state index contributed by atoms with van der Waals surface area (Å²) in [6.07, 6.45) is 0. The largest absolute Gasteiger partial charge is 0.416 e. The first-order valence-corrected chi connectivity index (χ1v) is 8.38. The Hall–Kier alpha value is -2.88. The van der Waals surface area contributed by atoms with Crippen molar-refractivity contribution in [1.29, 1.82) is 0 Å². The first-order chi connectivity index (χ1) is 12.0. The maximum atomic E-state index is 12.7. The van der Waals surface area contributed by atoms with E-state index < -0.39 is 5.63 Å². The molecule has 25 heavy (non-hydrogen) atoms. The highest BCUT2D eigenvalue weighted by molar-refractivity contribution is 6.07. The van der Waals surface area contributed by atoms with Crippen LogP contribution in [-0.4, -0.2) is 12.5 Å². The third kappa shape index (κ3) is 3.48. The monoisotopic (exact) mass is 335 g/mol. The van der Waals surface area contributed by atoms with Crippen molar-refractivity contribution in [3.05, 3.63) is 70.3 Å². The van der Waals surface area contributed by atoms with Crippen LogP contribution in [0.2, 0.25) is 0 Å². The van der Waals surface area contributed by atoms with Gasteiger partial charge < -0.3 is 9.73 Å². The maximum absolute atomic E-state index is 12.7. The summed E-state index contributed by atoms with van der Waals surface area (Å²) in [6, 6.07) is 15.0. The summed E-state index contributed by atoms with van der Waals surface area (Å²) in [7, 11) is 0. The van der Waals surface area contributed by atoms with Crippen molar-refractivity contribution in [3.63, 3.8) is 0 Å². The number of amides is 1. The van der Waals surface area contributed by atoms with Gasteiger partial charge in [0.15, 0.2) is 0 Å². The van der Waals surface area contributed by atoms with Gasteiger partial charge in [0, 0.05) is 17.5 Å². The van der Waals surface area contributed by atoms with Gasteiger partial charge in [-0.25, -0.2) is 4.79 Å². The van der Waals surface area contributed by atoms with Gasteiger partial charge in [-0.15, -0.1) is 0 Å². The van der Waals surface area contributed by atoms with E-state index in [-0.39, 0.29) is 11.7 Å². The Balaban J connectivity index is 2.24. The van der Waals surface area contributed by atoms with E-state index in [1.54, 1.807) is 12.1 Å². The molecule has 1 amide bonds. The van der Waals surface area contributed by atoms with Gasteiger partial charge in [-0.05, 0) is 24.5 Å². The highest BCUT2D eigenvalue weighted by atomic mass is 16.4. The Labute approximate surface area is 146 Å². The molecule has 2 aromatic carbocycles. The number of hydrogen-bond donors (Lipinski definition) is 1. The molecule has 1 N–H and O–H groups in total. The summed E-state index contributed by atoms with van der Waals surface area (Å²) in [5, 5.41) is 4.03. The van der Waals surface area contributed by atoms with Gasteiger partial charge in [-0.3, -0.25) is 4.79 Å². The van der Waals surface area contributed by atoms with Crippen LogP contribution in [0.5, 0.6) is 0 Å². The average molecular weight is 335 g/mol. The highest BCUT2D eigenvalue weighted by Gasteiger charge is 2.21.